The molecule has 4 N–H and O–H groups in total. The van der Waals surface area contributed by atoms with Gasteiger partial charge in [-0.1, -0.05) is 0 Å². The highest BCUT2D eigenvalue weighted by Gasteiger charge is 2.31. The predicted molar refractivity (Wildman–Crippen MR) is 81.5 cm³/mol. The third kappa shape index (κ3) is 8.83. The van der Waals surface area contributed by atoms with Crippen LogP contribution in [0.2, 0.25) is 0 Å². The van der Waals surface area contributed by atoms with Gasteiger partial charge in [-0.05, 0) is 13.8 Å². The Balaban J connectivity index is 4.45. The number of ketones is 1. The molecule has 0 spiro atoms. The van der Waals surface area contributed by atoms with Gasteiger partial charge in [0, 0.05) is 12.8 Å². The van der Waals surface area contributed by atoms with Crippen molar-refractivity contribution in [2.45, 2.75) is 32.7 Å². The van der Waals surface area contributed by atoms with E-state index in [1.54, 1.807) is 13.8 Å². The third-order valence-corrected chi connectivity index (χ3v) is 2.65. The van der Waals surface area contributed by atoms with Crippen LogP contribution in [0.15, 0.2) is 0 Å². The first kappa shape index (κ1) is 21.5. The van der Waals surface area contributed by atoms with E-state index in [-0.39, 0.29) is 39.1 Å². The lowest BCUT2D eigenvalue weighted by atomic mass is 10.2. The van der Waals surface area contributed by atoms with Crippen molar-refractivity contribution in [2.75, 3.05) is 26.3 Å². The smallest absolute Gasteiger partial charge is 0.340 e. The molecule has 0 bridgehead atoms. The van der Waals surface area contributed by atoms with Crippen molar-refractivity contribution in [2.24, 2.45) is 5.73 Å². The van der Waals surface area contributed by atoms with Gasteiger partial charge in [-0.3, -0.25) is 14.4 Å². The Morgan fingerprint density at radius 1 is 0.917 bits per heavy atom. The summed E-state index contributed by atoms with van der Waals surface area (Å²) in [5.74, 6) is -3.45. The summed E-state index contributed by atoms with van der Waals surface area (Å²) in [5.41, 5.74) is 5.07. The monoisotopic (exact) mass is 345 g/mol. The van der Waals surface area contributed by atoms with Gasteiger partial charge in [0.05, 0.1) is 26.3 Å². The van der Waals surface area contributed by atoms with Crippen molar-refractivity contribution < 1.29 is 33.4 Å². The molecule has 0 unspecified atom stereocenters. The van der Waals surface area contributed by atoms with Crippen LogP contribution < -0.4 is 16.4 Å². The van der Waals surface area contributed by atoms with Gasteiger partial charge in [-0.2, -0.15) is 0 Å². The molecule has 2 amide bonds. The lowest BCUT2D eigenvalue weighted by Crippen LogP contribution is -2.48. The third-order valence-electron chi connectivity index (χ3n) is 2.65. The van der Waals surface area contributed by atoms with Crippen molar-refractivity contribution >= 4 is 29.5 Å². The van der Waals surface area contributed by atoms with Gasteiger partial charge in [-0.25, -0.2) is 9.59 Å². The second kappa shape index (κ2) is 12.0. The standard InChI is InChI=1S/C14H23N3O7/c1-3-23-13(21)12(14(22)24-4-2)17-10(19)6-5-9(18)8-16-11(20)7-15/h12H,3-8,15H2,1-2H3,(H,16,20)(H,17,19). The largest absolute Gasteiger partial charge is 0.464 e. The zero-order chi connectivity index (χ0) is 18.5. The molecule has 0 aliphatic rings. The summed E-state index contributed by atoms with van der Waals surface area (Å²) < 4.78 is 9.39. The minimum Gasteiger partial charge on any atom is -0.464 e. The van der Waals surface area contributed by atoms with Crippen LogP contribution in [0, 0.1) is 0 Å². The van der Waals surface area contributed by atoms with E-state index >= 15 is 0 Å². The highest BCUT2D eigenvalue weighted by atomic mass is 16.6. The lowest BCUT2D eigenvalue weighted by molar-refractivity contribution is -0.159. The zero-order valence-electron chi connectivity index (χ0n) is 13.8. The van der Waals surface area contributed by atoms with Gasteiger partial charge < -0.3 is 25.8 Å². The van der Waals surface area contributed by atoms with Gasteiger partial charge >= 0.3 is 11.9 Å². The van der Waals surface area contributed by atoms with E-state index in [2.05, 4.69) is 10.6 Å². The molecule has 24 heavy (non-hydrogen) atoms. The van der Waals surface area contributed by atoms with Crippen molar-refractivity contribution in [1.29, 1.82) is 0 Å². The van der Waals surface area contributed by atoms with Crippen LogP contribution in [0.25, 0.3) is 0 Å². The first-order chi connectivity index (χ1) is 11.3. The number of hydrogen-bond acceptors (Lipinski definition) is 8. The van der Waals surface area contributed by atoms with E-state index in [1.165, 1.54) is 0 Å². The Morgan fingerprint density at radius 2 is 1.46 bits per heavy atom. The molecular formula is C14H23N3O7. The summed E-state index contributed by atoms with van der Waals surface area (Å²) in [6, 6.07) is -1.58. The number of carbonyl (C=O) groups excluding carboxylic acids is 5. The summed E-state index contributed by atoms with van der Waals surface area (Å²) >= 11 is 0. The molecule has 0 heterocycles. The molecule has 0 saturated carbocycles. The summed E-state index contributed by atoms with van der Waals surface area (Å²) in [4.78, 5) is 57.6. The van der Waals surface area contributed by atoms with Crippen molar-refractivity contribution in [3.05, 3.63) is 0 Å². The molecule has 0 aromatic carbocycles. The Bertz CT molecular complexity index is 461. The predicted octanol–water partition coefficient (Wildman–Crippen LogP) is -1.98. The average Bonchev–Trinajstić information content (AvgIpc) is 2.55. The Morgan fingerprint density at radius 3 is 1.92 bits per heavy atom. The number of nitrogens with two attached hydrogens (primary N) is 1. The van der Waals surface area contributed by atoms with Gasteiger partial charge in [-0.15, -0.1) is 0 Å². The number of hydrogen-bond donors (Lipinski definition) is 3. The summed E-state index contributed by atoms with van der Waals surface area (Å²) in [7, 11) is 0. The number of amides is 2. The van der Waals surface area contributed by atoms with Crippen molar-refractivity contribution in [3.63, 3.8) is 0 Å². The molecule has 0 fully saturated rings. The van der Waals surface area contributed by atoms with E-state index in [0.717, 1.165) is 0 Å². The van der Waals surface area contributed by atoms with Crippen LogP contribution in [0.5, 0.6) is 0 Å². The quantitative estimate of drug-likeness (QED) is 0.287. The molecule has 0 aromatic rings. The van der Waals surface area contributed by atoms with Crippen molar-refractivity contribution in [1.82, 2.24) is 10.6 Å². The van der Waals surface area contributed by atoms with E-state index in [0.29, 0.717) is 0 Å². The molecule has 136 valence electrons. The molecule has 0 atom stereocenters. The normalized spacial score (nSPS) is 10.0. The van der Waals surface area contributed by atoms with Crippen LogP contribution in [-0.4, -0.2) is 61.9 Å². The van der Waals surface area contributed by atoms with E-state index in [9.17, 15) is 24.0 Å². The number of ether oxygens (including phenoxy) is 2. The fourth-order valence-corrected chi connectivity index (χ4v) is 1.51. The molecule has 10 nitrogen and oxygen atoms in total. The number of Topliss-reactive ketones (excluding diaryl/α,β-unsaturated/α-hetero) is 1. The van der Waals surface area contributed by atoms with Crippen LogP contribution in [0.1, 0.15) is 26.7 Å². The lowest BCUT2D eigenvalue weighted by Gasteiger charge is -2.15. The maximum Gasteiger partial charge on any atom is 0.340 e. The van der Waals surface area contributed by atoms with E-state index in [1.807, 2.05) is 0 Å². The molecule has 10 heteroatoms. The van der Waals surface area contributed by atoms with Gasteiger partial charge in [0.2, 0.25) is 17.9 Å². The SMILES string of the molecule is CCOC(=O)C(NC(=O)CCC(=O)CNC(=O)CN)C(=O)OCC. The Labute approximate surface area is 139 Å². The summed E-state index contributed by atoms with van der Waals surface area (Å²) in [5, 5.41) is 4.44. The zero-order valence-corrected chi connectivity index (χ0v) is 13.8. The van der Waals surface area contributed by atoms with Gasteiger partial charge in [0.1, 0.15) is 0 Å². The molecule has 0 aliphatic heterocycles. The first-order valence-electron chi connectivity index (χ1n) is 7.46. The van der Waals surface area contributed by atoms with E-state index < -0.39 is 35.6 Å². The highest BCUT2D eigenvalue weighted by molar-refractivity contribution is 6.02. The molecule has 0 rings (SSSR count). The van der Waals surface area contributed by atoms with Gasteiger partial charge in [0.15, 0.2) is 5.78 Å². The molecule has 0 aliphatic carbocycles. The second-order valence-electron chi connectivity index (χ2n) is 4.52. The van der Waals surface area contributed by atoms with Crippen molar-refractivity contribution in [3.8, 4) is 0 Å². The topological polar surface area (TPSA) is 154 Å². The highest BCUT2D eigenvalue weighted by Crippen LogP contribution is 1.98. The Kier molecular flexibility index (Phi) is 10.8. The number of rotatable bonds is 11. The average molecular weight is 345 g/mol. The number of carbonyl (C=O) groups is 5. The molecule has 0 radical (unpaired) electrons. The summed E-state index contributed by atoms with van der Waals surface area (Å²) in [6.45, 7) is 2.68. The summed E-state index contributed by atoms with van der Waals surface area (Å²) in [6.07, 6.45) is -0.429. The number of esters is 2. The molecule has 0 saturated heterocycles. The molecule has 0 aromatic heterocycles. The van der Waals surface area contributed by atoms with Gasteiger partial charge in [0.25, 0.3) is 0 Å². The minimum absolute atomic E-state index is 0.0317. The Hall–Kier alpha value is -2.49. The minimum atomic E-state index is -1.58. The van der Waals surface area contributed by atoms with E-state index in [4.69, 9.17) is 15.2 Å². The van der Waals surface area contributed by atoms with Crippen LogP contribution in [0.3, 0.4) is 0 Å². The fourth-order valence-electron chi connectivity index (χ4n) is 1.51. The maximum absolute atomic E-state index is 11.8. The molecular weight excluding hydrogens is 322 g/mol. The van der Waals surface area contributed by atoms with Crippen LogP contribution >= 0.6 is 0 Å². The maximum atomic E-state index is 11.8. The fraction of sp³-hybridized carbons (Fsp3) is 0.643. The first-order valence-corrected chi connectivity index (χ1v) is 7.46. The number of nitrogens with one attached hydrogen (secondary N) is 2. The van der Waals surface area contributed by atoms with Crippen LogP contribution in [-0.2, 0) is 33.4 Å². The second-order valence-corrected chi connectivity index (χ2v) is 4.52. The van der Waals surface area contributed by atoms with Crippen LogP contribution in [0.4, 0.5) is 0 Å².